The first kappa shape index (κ1) is 19.7. The van der Waals surface area contributed by atoms with Crippen LogP contribution in [0, 0.1) is 0 Å². The Kier molecular flexibility index (Phi) is 7.13. The highest BCUT2D eigenvalue weighted by atomic mass is 35.5. The van der Waals surface area contributed by atoms with Gasteiger partial charge in [0.1, 0.15) is 0 Å². The molecule has 144 valence electrons. The van der Waals surface area contributed by atoms with Crippen molar-refractivity contribution in [3.8, 4) is 0 Å². The Morgan fingerprint density at radius 2 is 1.96 bits per heavy atom. The van der Waals surface area contributed by atoms with Crippen LogP contribution in [0.4, 0.5) is 4.79 Å². The van der Waals surface area contributed by atoms with Crippen molar-refractivity contribution in [3.63, 3.8) is 0 Å². The minimum absolute atomic E-state index is 0.0334. The minimum Gasteiger partial charge on any atom is -0.338 e. The molecule has 0 aliphatic carbocycles. The summed E-state index contributed by atoms with van der Waals surface area (Å²) >= 11 is 6.02. The predicted octanol–water partition coefficient (Wildman–Crippen LogP) is 4.19. The molecule has 1 N–H and O–H groups in total. The van der Waals surface area contributed by atoms with Crippen LogP contribution >= 0.6 is 11.6 Å². The molecule has 0 saturated carbocycles. The van der Waals surface area contributed by atoms with Crippen molar-refractivity contribution in [2.24, 2.45) is 0 Å². The summed E-state index contributed by atoms with van der Waals surface area (Å²) < 4.78 is 0. The Labute approximate surface area is 167 Å². The molecule has 1 aliphatic heterocycles. The van der Waals surface area contributed by atoms with Gasteiger partial charge in [-0.1, -0.05) is 54.1 Å². The van der Waals surface area contributed by atoms with Gasteiger partial charge in [-0.2, -0.15) is 0 Å². The summed E-state index contributed by atoms with van der Waals surface area (Å²) in [6.07, 6.45) is 1.82. The molecule has 2 aromatic rings. The molecule has 4 nitrogen and oxygen atoms in total. The summed E-state index contributed by atoms with van der Waals surface area (Å²) in [6, 6.07) is 18.6. The third kappa shape index (κ3) is 5.72. The molecule has 3 rings (SSSR count). The van der Waals surface area contributed by atoms with Crippen LogP contribution in [0.15, 0.2) is 54.6 Å². The van der Waals surface area contributed by atoms with Gasteiger partial charge in [0, 0.05) is 43.8 Å². The first-order valence-corrected chi connectivity index (χ1v) is 10.1. The average molecular weight is 386 g/mol. The van der Waals surface area contributed by atoms with Gasteiger partial charge in [0.05, 0.1) is 0 Å². The second-order valence-corrected chi connectivity index (χ2v) is 7.50. The van der Waals surface area contributed by atoms with Crippen LogP contribution in [0.1, 0.15) is 24.5 Å². The number of carbonyl (C=O) groups is 1. The molecular weight excluding hydrogens is 358 g/mol. The number of hydrogen-bond donors (Lipinski definition) is 1. The van der Waals surface area contributed by atoms with Crippen molar-refractivity contribution < 1.29 is 4.79 Å². The molecule has 1 unspecified atom stereocenters. The van der Waals surface area contributed by atoms with E-state index < -0.39 is 0 Å². The van der Waals surface area contributed by atoms with Gasteiger partial charge in [-0.25, -0.2) is 4.79 Å². The van der Waals surface area contributed by atoms with Gasteiger partial charge >= 0.3 is 6.03 Å². The molecule has 1 aliphatic rings. The highest BCUT2D eigenvalue weighted by Crippen LogP contribution is 2.18. The van der Waals surface area contributed by atoms with E-state index in [0.717, 1.165) is 49.6 Å². The van der Waals surface area contributed by atoms with E-state index in [1.165, 1.54) is 5.56 Å². The molecule has 1 saturated heterocycles. The Morgan fingerprint density at radius 3 is 2.70 bits per heavy atom. The Bertz CT molecular complexity index is 737. The number of amides is 2. The molecule has 0 spiro atoms. The highest BCUT2D eigenvalue weighted by Gasteiger charge is 2.29. The average Bonchev–Trinajstić information content (AvgIpc) is 3.11. The molecule has 0 bridgehead atoms. The van der Waals surface area contributed by atoms with Crippen molar-refractivity contribution in [3.05, 3.63) is 70.7 Å². The second kappa shape index (κ2) is 9.77. The number of halogens is 1. The van der Waals surface area contributed by atoms with Gasteiger partial charge in [-0.05, 0) is 43.0 Å². The van der Waals surface area contributed by atoms with Crippen molar-refractivity contribution in [1.29, 1.82) is 0 Å². The van der Waals surface area contributed by atoms with Gasteiger partial charge in [-0.3, -0.25) is 4.90 Å². The fraction of sp³-hybridized carbons (Fsp3) is 0.409. The molecule has 0 aromatic heterocycles. The second-order valence-electron chi connectivity index (χ2n) is 7.06. The predicted molar refractivity (Wildman–Crippen MR) is 111 cm³/mol. The lowest BCUT2D eigenvalue weighted by molar-refractivity contribution is 0.176. The maximum absolute atomic E-state index is 12.7. The first-order valence-electron chi connectivity index (χ1n) is 9.71. The molecule has 2 amide bonds. The number of nitrogens with one attached hydrogen (secondary N) is 1. The first-order chi connectivity index (χ1) is 13.2. The SMILES string of the molecule is CCN(C(=O)NCCc1cccc(Cl)c1)C1CCN(Cc2ccccc2)C1. The summed E-state index contributed by atoms with van der Waals surface area (Å²) in [7, 11) is 0. The fourth-order valence-corrected chi connectivity index (χ4v) is 3.94. The molecule has 1 atom stereocenters. The number of benzene rings is 2. The lowest BCUT2D eigenvalue weighted by Crippen LogP contribution is -2.47. The fourth-order valence-electron chi connectivity index (χ4n) is 3.73. The summed E-state index contributed by atoms with van der Waals surface area (Å²) in [6.45, 7) is 6.32. The van der Waals surface area contributed by atoms with E-state index in [9.17, 15) is 4.79 Å². The Balaban J connectivity index is 1.47. The van der Waals surface area contributed by atoms with Crippen LogP contribution in [0.5, 0.6) is 0 Å². The Morgan fingerprint density at radius 1 is 1.19 bits per heavy atom. The van der Waals surface area contributed by atoms with Crippen LogP contribution in [0.3, 0.4) is 0 Å². The molecular formula is C22H28ClN3O. The van der Waals surface area contributed by atoms with Crippen LogP contribution in [0.25, 0.3) is 0 Å². The van der Waals surface area contributed by atoms with Crippen molar-refractivity contribution in [1.82, 2.24) is 15.1 Å². The maximum Gasteiger partial charge on any atom is 0.317 e. The summed E-state index contributed by atoms with van der Waals surface area (Å²) in [5.74, 6) is 0. The van der Waals surface area contributed by atoms with Crippen LogP contribution in [0.2, 0.25) is 5.02 Å². The lowest BCUT2D eigenvalue weighted by atomic mass is 10.1. The van der Waals surface area contributed by atoms with E-state index in [-0.39, 0.29) is 12.1 Å². The van der Waals surface area contributed by atoms with E-state index in [4.69, 9.17) is 11.6 Å². The van der Waals surface area contributed by atoms with Gasteiger partial charge in [0.25, 0.3) is 0 Å². The number of urea groups is 1. The normalized spacial score (nSPS) is 17.0. The zero-order chi connectivity index (χ0) is 19.1. The quantitative estimate of drug-likeness (QED) is 0.775. The standard InChI is InChI=1S/C22H28ClN3O/c1-2-26(22(27)24-13-11-18-9-6-10-20(23)15-18)21-12-14-25(17-21)16-19-7-4-3-5-8-19/h3-10,15,21H,2,11-14,16-17H2,1H3,(H,24,27). The Hall–Kier alpha value is -2.04. The van der Waals surface area contributed by atoms with Gasteiger partial charge in [0.15, 0.2) is 0 Å². The number of hydrogen-bond acceptors (Lipinski definition) is 2. The highest BCUT2D eigenvalue weighted by molar-refractivity contribution is 6.30. The van der Waals surface area contributed by atoms with Crippen LogP contribution < -0.4 is 5.32 Å². The molecule has 5 heteroatoms. The molecule has 27 heavy (non-hydrogen) atoms. The third-order valence-corrected chi connectivity index (χ3v) is 5.35. The van der Waals surface area contributed by atoms with E-state index >= 15 is 0 Å². The number of likely N-dealkylation sites (tertiary alicyclic amines) is 1. The largest absolute Gasteiger partial charge is 0.338 e. The number of likely N-dealkylation sites (N-methyl/N-ethyl adjacent to an activating group) is 1. The topological polar surface area (TPSA) is 35.6 Å². The third-order valence-electron chi connectivity index (χ3n) is 5.12. The van der Waals surface area contributed by atoms with Crippen molar-refractivity contribution >= 4 is 17.6 Å². The monoisotopic (exact) mass is 385 g/mol. The number of carbonyl (C=O) groups excluding carboxylic acids is 1. The summed E-state index contributed by atoms with van der Waals surface area (Å²) in [5, 5.41) is 3.80. The van der Waals surface area contributed by atoms with Crippen molar-refractivity contribution in [2.75, 3.05) is 26.2 Å². The molecule has 1 heterocycles. The zero-order valence-electron chi connectivity index (χ0n) is 15.9. The van der Waals surface area contributed by atoms with Gasteiger partial charge in [0.2, 0.25) is 0 Å². The van der Waals surface area contributed by atoms with Crippen LogP contribution in [-0.2, 0) is 13.0 Å². The smallest absolute Gasteiger partial charge is 0.317 e. The molecule has 1 fully saturated rings. The number of nitrogens with zero attached hydrogens (tertiary/aromatic N) is 2. The van der Waals surface area contributed by atoms with Gasteiger partial charge < -0.3 is 10.2 Å². The molecule has 2 aromatic carbocycles. The van der Waals surface area contributed by atoms with E-state index in [0.29, 0.717) is 6.54 Å². The summed E-state index contributed by atoms with van der Waals surface area (Å²) in [4.78, 5) is 17.1. The number of rotatable bonds is 7. The summed E-state index contributed by atoms with van der Waals surface area (Å²) in [5.41, 5.74) is 2.47. The van der Waals surface area contributed by atoms with Crippen molar-refractivity contribution in [2.45, 2.75) is 32.4 Å². The maximum atomic E-state index is 12.7. The van der Waals surface area contributed by atoms with E-state index in [1.807, 2.05) is 35.2 Å². The zero-order valence-corrected chi connectivity index (χ0v) is 16.7. The van der Waals surface area contributed by atoms with Gasteiger partial charge in [-0.15, -0.1) is 0 Å². The minimum atomic E-state index is 0.0334. The van der Waals surface area contributed by atoms with Crippen LogP contribution in [-0.4, -0.2) is 48.1 Å². The van der Waals surface area contributed by atoms with E-state index in [2.05, 4.69) is 41.4 Å². The lowest BCUT2D eigenvalue weighted by Gasteiger charge is -2.28. The van der Waals surface area contributed by atoms with E-state index in [1.54, 1.807) is 0 Å². The molecule has 0 radical (unpaired) electrons.